The van der Waals surface area contributed by atoms with Crippen molar-refractivity contribution in [3.8, 4) is 11.6 Å². The smallest absolute Gasteiger partial charge is 0.333 e. The second-order valence-corrected chi connectivity index (χ2v) is 6.39. The summed E-state index contributed by atoms with van der Waals surface area (Å²) in [5.74, 6) is -0.206. The first kappa shape index (κ1) is 17.3. The third kappa shape index (κ3) is 2.74. The highest BCUT2D eigenvalue weighted by Gasteiger charge is 2.41. The first-order chi connectivity index (χ1) is 11.8. The lowest BCUT2D eigenvalue weighted by atomic mass is 9.84. The predicted octanol–water partition coefficient (Wildman–Crippen LogP) is 1.37. The predicted molar refractivity (Wildman–Crippen MR) is 92.4 cm³/mol. The quantitative estimate of drug-likeness (QED) is 0.839. The van der Waals surface area contributed by atoms with Crippen molar-refractivity contribution in [2.45, 2.75) is 25.0 Å². The van der Waals surface area contributed by atoms with Crippen molar-refractivity contribution >= 4 is 0 Å². The second kappa shape index (κ2) is 6.07. The van der Waals surface area contributed by atoms with E-state index in [1.165, 1.54) is 11.6 Å². The van der Waals surface area contributed by atoms with E-state index in [0.29, 0.717) is 12.0 Å². The van der Waals surface area contributed by atoms with Crippen LogP contribution in [0.1, 0.15) is 30.4 Å². The normalized spacial score (nSPS) is 22.2. The summed E-state index contributed by atoms with van der Waals surface area (Å²) in [6.45, 7) is 1.80. The van der Waals surface area contributed by atoms with Gasteiger partial charge in [-0.3, -0.25) is 13.9 Å². The van der Waals surface area contributed by atoms with Gasteiger partial charge in [-0.1, -0.05) is 12.1 Å². The lowest BCUT2D eigenvalue weighted by Crippen LogP contribution is -2.48. The second-order valence-electron chi connectivity index (χ2n) is 6.39. The van der Waals surface area contributed by atoms with E-state index in [2.05, 4.69) is 0 Å². The first-order valence-electron chi connectivity index (χ1n) is 7.99. The van der Waals surface area contributed by atoms with Crippen molar-refractivity contribution in [2.75, 3.05) is 14.2 Å². The summed E-state index contributed by atoms with van der Waals surface area (Å²) < 4.78 is 19.1. The molecule has 3 rings (SSSR count). The fraction of sp³-hybridized carbons (Fsp3) is 0.444. The molecule has 1 aliphatic rings. The highest BCUT2D eigenvalue weighted by atomic mass is 16.7. The van der Waals surface area contributed by atoms with E-state index in [-0.39, 0.29) is 17.4 Å². The standard InChI is InChI=1S/C18H22N2O5/c1-18(24-5)10-13(11-6-8-12(23-4)9-7-11)14-15(21)19(2)17(22)20(3)16(14)25-18/h6-9,13H,10H2,1-5H3. The van der Waals surface area contributed by atoms with Crippen molar-refractivity contribution in [3.05, 3.63) is 56.2 Å². The molecule has 0 radical (unpaired) electrons. The Morgan fingerprint density at radius 1 is 1.12 bits per heavy atom. The minimum atomic E-state index is -0.936. The average Bonchev–Trinajstić information content (AvgIpc) is 2.64. The van der Waals surface area contributed by atoms with Gasteiger partial charge in [-0.25, -0.2) is 4.79 Å². The van der Waals surface area contributed by atoms with Crippen LogP contribution in [0.15, 0.2) is 33.9 Å². The molecule has 1 aliphatic heterocycles. The maximum atomic E-state index is 12.8. The van der Waals surface area contributed by atoms with Crippen molar-refractivity contribution in [1.29, 1.82) is 0 Å². The van der Waals surface area contributed by atoms with Crippen LogP contribution in [-0.4, -0.2) is 29.1 Å². The van der Waals surface area contributed by atoms with Crippen LogP contribution in [0.3, 0.4) is 0 Å². The Morgan fingerprint density at radius 2 is 1.76 bits per heavy atom. The zero-order valence-corrected chi connectivity index (χ0v) is 15.0. The molecule has 2 aromatic rings. The van der Waals surface area contributed by atoms with Crippen LogP contribution in [0, 0.1) is 0 Å². The van der Waals surface area contributed by atoms with Crippen molar-refractivity contribution in [1.82, 2.24) is 9.13 Å². The zero-order chi connectivity index (χ0) is 18.4. The molecule has 1 aromatic carbocycles. The van der Waals surface area contributed by atoms with E-state index in [1.54, 1.807) is 28.2 Å². The van der Waals surface area contributed by atoms with Crippen LogP contribution < -0.4 is 20.7 Å². The summed E-state index contributed by atoms with van der Waals surface area (Å²) in [5, 5.41) is 0. The first-order valence-corrected chi connectivity index (χ1v) is 7.99. The summed E-state index contributed by atoms with van der Waals surface area (Å²) in [4.78, 5) is 25.1. The molecule has 0 spiro atoms. The van der Waals surface area contributed by atoms with Crippen LogP contribution >= 0.6 is 0 Å². The van der Waals surface area contributed by atoms with Crippen LogP contribution in [0.25, 0.3) is 0 Å². The fourth-order valence-corrected chi connectivity index (χ4v) is 3.24. The molecule has 25 heavy (non-hydrogen) atoms. The Balaban J connectivity index is 2.26. The van der Waals surface area contributed by atoms with E-state index in [9.17, 15) is 9.59 Å². The average molecular weight is 346 g/mol. The summed E-state index contributed by atoms with van der Waals surface area (Å²) in [6.07, 6.45) is 0.455. The Hall–Kier alpha value is -2.54. The Bertz CT molecular complexity index is 913. The van der Waals surface area contributed by atoms with Gasteiger partial charge in [-0.15, -0.1) is 0 Å². The van der Waals surface area contributed by atoms with Gasteiger partial charge in [-0.2, -0.15) is 0 Å². The summed E-state index contributed by atoms with van der Waals surface area (Å²) >= 11 is 0. The van der Waals surface area contributed by atoms with Gasteiger partial charge in [0.25, 0.3) is 5.56 Å². The molecule has 2 heterocycles. The summed E-state index contributed by atoms with van der Waals surface area (Å²) in [6, 6.07) is 7.53. The number of benzene rings is 1. The summed E-state index contributed by atoms with van der Waals surface area (Å²) in [5.41, 5.74) is 0.614. The molecule has 7 nitrogen and oxygen atoms in total. The topological polar surface area (TPSA) is 71.7 Å². The largest absolute Gasteiger partial charge is 0.497 e. The molecule has 7 heteroatoms. The molecule has 2 atom stereocenters. The van der Waals surface area contributed by atoms with Crippen molar-refractivity contribution in [3.63, 3.8) is 0 Å². The molecule has 0 fully saturated rings. The molecule has 0 bridgehead atoms. The Morgan fingerprint density at radius 3 is 2.32 bits per heavy atom. The van der Waals surface area contributed by atoms with Crippen LogP contribution in [0.4, 0.5) is 0 Å². The van der Waals surface area contributed by atoms with E-state index in [1.807, 2.05) is 24.3 Å². The Labute approximate surface area is 145 Å². The van der Waals surface area contributed by atoms with E-state index >= 15 is 0 Å². The molecule has 0 aliphatic carbocycles. The SMILES string of the molecule is COc1ccc(C2CC(C)(OC)Oc3c2c(=O)n(C)c(=O)n3C)cc1. The lowest BCUT2D eigenvalue weighted by Gasteiger charge is -2.39. The maximum absolute atomic E-state index is 12.8. The molecule has 0 amide bonds. The zero-order valence-electron chi connectivity index (χ0n) is 15.0. The molecule has 0 saturated carbocycles. The number of methoxy groups -OCH3 is 2. The van der Waals surface area contributed by atoms with Gasteiger partial charge in [0.2, 0.25) is 11.7 Å². The number of rotatable bonds is 3. The molecule has 134 valence electrons. The van der Waals surface area contributed by atoms with Gasteiger partial charge in [-0.05, 0) is 17.7 Å². The van der Waals surface area contributed by atoms with Gasteiger partial charge in [0.1, 0.15) is 5.75 Å². The number of nitrogens with zero attached hydrogens (tertiary/aromatic N) is 2. The molecular weight excluding hydrogens is 324 g/mol. The van der Waals surface area contributed by atoms with Crippen LogP contribution in [0.2, 0.25) is 0 Å². The van der Waals surface area contributed by atoms with Gasteiger partial charge >= 0.3 is 5.69 Å². The highest BCUT2D eigenvalue weighted by molar-refractivity contribution is 5.41. The monoisotopic (exact) mass is 346 g/mol. The number of hydrogen-bond donors (Lipinski definition) is 0. The van der Waals surface area contributed by atoms with Gasteiger partial charge in [0, 0.05) is 40.5 Å². The molecule has 1 aromatic heterocycles. The maximum Gasteiger partial charge on any atom is 0.333 e. The third-order valence-electron chi connectivity index (χ3n) is 4.83. The highest BCUT2D eigenvalue weighted by Crippen LogP contribution is 2.42. The number of ether oxygens (including phenoxy) is 3. The van der Waals surface area contributed by atoms with Crippen molar-refractivity contribution < 1.29 is 14.2 Å². The Kier molecular flexibility index (Phi) is 4.20. The molecular formula is C18H22N2O5. The van der Waals surface area contributed by atoms with Crippen LogP contribution in [0.5, 0.6) is 11.6 Å². The van der Waals surface area contributed by atoms with E-state index in [4.69, 9.17) is 14.2 Å². The minimum absolute atomic E-state index is 0.254. The lowest BCUT2D eigenvalue weighted by molar-refractivity contribution is -0.167. The van der Waals surface area contributed by atoms with Gasteiger partial charge in [0.05, 0.1) is 12.7 Å². The van der Waals surface area contributed by atoms with Gasteiger partial charge in [0.15, 0.2) is 0 Å². The number of aromatic nitrogens is 2. The number of fused-ring (bicyclic) bond motifs is 1. The van der Waals surface area contributed by atoms with E-state index < -0.39 is 11.5 Å². The fourth-order valence-electron chi connectivity index (χ4n) is 3.24. The van der Waals surface area contributed by atoms with E-state index in [0.717, 1.165) is 15.9 Å². The van der Waals surface area contributed by atoms with Crippen LogP contribution in [-0.2, 0) is 18.8 Å². The van der Waals surface area contributed by atoms with Crippen molar-refractivity contribution in [2.24, 2.45) is 14.1 Å². The third-order valence-corrected chi connectivity index (χ3v) is 4.83. The molecule has 2 unspecified atom stereocenters. The molecule has 0 N–H and O–H groups in total. The van der Waals surface area contributed by atoms with Gasteiger partial charge < -0.3 is 14.2 Å². The minimum Gasteiger partial charge on any atom is -0.497 e. The number of hydrogen-bond acceptors (Lipinski definition) is 5. The summed E-state index contributed by atoms with van der Waals surface area (Å²) in [7, 11) is 6.22. The molecule has 0 saturated heterocycles.